The number of morpholine rings is 1. The lowest BCUT2D eigenvalue weighted by atomic mass is 10.1. The Hall–Kier alpha value is -2.19. The quantitative estimate of drug-likeness (QED) is 0.582. The number of aliphatic imine (C=N–C) groups is 1. The maximum atomic E-state index is 5.94. The van der Waals surface area contributed by atoms with Gasteiger partial charge in [0, 0.05) is 38.9 Å². The first-order valence-electron chi connectivity index (χ1n) is 9.68. The van der Waals surface area contributed by atoms with Crippen LogP contribution in [-0.4, -0.2) is 77.7 Å². The zero-order valence-corrected chi connectivity index (χ0v) is 17.2. The molecule has 8 heteroatoms. The van der Waals surface area contributed by atoms with E-state index >= 15 is 0 Å². The summed E-state index contributed by atoms with van der Waals surface area (Å²) in [6.45, 7) is 3.62. The predicted octanol–water partition coefficient (Wildman–Crippen LogP) is 1.67. The molecule has 0 spiro atoms. The Kier molecular flexibility index (Phi) is 7.22. The number of rotatable bonds is 6. The molecule has 2 aliphatic heterocycles. The molecule has 2 aliphatic rings. The number of benzene rings is 1. The van der Waals surface area contributed by atoms with E-state index in [0.29, 0.717) is 30.4 Å². The van der Waals surface area contributed by atoms with Crippen LogP contribution in [0.5, 0.6) is 17.2 Å². The van der Waals surface area contributed by atoms with Gasteiger partial charge in [-0.2, -0.15) is 0 Å². The van der Waals surface area contributed by atoms with Gasteiger partial charge >= 0.3 is 0 Å². The fourth-order valence-corrected chi connectivity index (χ4v) is 3.80. The minimum absolute atomic E-state index is 0.0883. The summed E-state index contributed by atoms with van der Waals surface area (Å²) < 4.78 is 28.1. The summed E-state index contributed by atoms with van der Waals surface area (Å²) in [6.07, 6.45) is 2.45. The van der Waals surface area contributed by atoms with Crippen LogP contribution in [-0.2, 0) is 16.0 Å². The van der Waals surface area contributed by atoms with Crippen molar-refractivity contribution in [3.8, 4) is 17.2 Å². The van der Waals surface area contributed by atoms with Crippen LogP contribution >= 0.6 is 0 Å². The second-order valence-corrected chi connectivity index (χ2v) is 6.80. The summed E-state index contributed by atoms with van der Waals surface area (Å²) in [5.74, 6) is 2.72. The van der Waals surface area contributed by atoms with E-state index in [0.717, 1.165) is 44.1 Å². The van der Waals surface area contributed by atoms with E-state index in [4.69, 9.17) is 23.7 Å². The smallest absolute Gasteiger partial charge is 0.203 e. The first kappa shape index (κ1) is 20.5. The van der Waals surface area contributed by atoms with E-state index in [2.05, 4.69) is 15.2 Å². The van der Waals surface area contributed by atoms with Crippen molar-refractivity contribution in [1.29, 1.82) is 0 Å². The van der Waals surface area contributed by atoms with Crippen LogP contribution in [0.15, 0.2) is 17.1 Å². The highest BCUT2D eigenvalue weighted by Crippen LogP contribution is 2.39. The Morgan fingerprint density at radius 3 is 2.54 bits per heavy atom. The van der Waals surface area contributed by atoms with E-state index in [9.17, 15) is 0 Å². The third-order valence-electron chi connectivity index (χ3n) is 5.21. The summed E-state index contributed by atoms with van der Waals surface area (Å²) in [4.78, 5) is 6.68. The monoisotopic (exact) mass is 393 g/mol. The number of ether oxygens (including phenoxy) is 5. The second kappa shape index (κ2) is 9.84. The number of nitrogens with one attached hydrogen (secondary N) is 1. The Morgan fingerprint density at radius 1 is 1.11 bits per heavy atom. The molecule has 0 amide bonds. The Bertz CT molecular complexity index is 676. The molecule has 2 unspecified atom stereocenters. The largest absolute Gasteiger partial charge is 0.493 e. The molecule has 0 bridgehead atoms. The van der Waals surface area contributed by atoms with Crippen molar-refractivity contribution in [2.24, 2.45) is 4.99 Å². The minimum atomic E-state index is 0.0883. The van der Waals surface area contributed by atoms with Gasteiger partial charge in [0.15, 0.2) is 17.5 Å². The molecule has 8 nitrogen and oxygen atoms in total. The van der Waals surface area contributed by atoms with E-state index in [1.165, 1.54) is 0 Å². The van der Waals surface area contributed by atoms with Crippen LogP contribution in [0.1, 0.15) is 18.4 Å². The van der Waals surface area contributed by atoms with Gasteiger partial charge in [-0.15, -0.1) is 0 Å². The van der Waals surface area contributed by atoms with Gasteiger partial charge in [0.2, 0.25) is 5.75 Å². The minimum Gasteiger partial charge on any atom is -0.493 e. The van der Waals surface area contributed by atoms with Crippen LogP contribution in [0.2, 0.25) is 0 Å². The van der Waals surface area contributed by atoms with Crippen molar-refractivity contribution >= 4 is 5.96 Å². The highest BCUT2D eigenvalue weighted by Gasteiger charge is 2.32. The number of hydrogen-bond donors (Lipinski definition) is 1. The lowest BCUT2D eigenvalue weighted by molar-refractivity contribution is -0.0817. The van der Waals surface area contributed by atoms with Gasteiger partial charge in [0.05, 0.1) is 34.0 Å². The Morgan fingerprint density at radius 2 is 1.89 bits per heavy atom. The third-order valence-corrected chi connectivity index (χ3v) is 5.21. The molecule has 3 rings (SSSR count). The topological polar surface area (TPSA) is 73.8 Å². The average Bonchev–Trinajstić information content (AvgIpc) is 3.28. The molecule has 2 fully saturated rings. The van der Waals surface area contributed by atoms with Crippen LogP contribution in [0, 0.1) is 0 Å². The van der Waals surface area contributed by atoms with Crippen molar-refractivity contribution in [2.45, 2.75) is 31.6 Å². The lowest BCUT2D eigenvalue weighted by Crippen LogP contribution is -2.53. The molecule has 0 saturated carbocycles. The molecule has 28 heavy (non-hydrogen) atoms. The molecule has 1 aromatic rings. The molecular weight excluding hydrogens is 362 g/mol. The van der Waals surface area contributed by atoms with Gasteiger partial charge in [-0.1, -0.05) is 0 Å². The van der Waals surface area contributed by atoms with Crippen LogP contribution in [0.4, 0.5) is 0 Å². The summed E-state index contributed by atoms with van der Waals surface area (Å²) in [5, 5.41) is 3.43. The van der Waals surface area contributed by atoms with E-state index in [-0.39, 0.29) is 12.2 Å². The number of methoxy groups -OCH3 is 3. The Balaban J connectivity index is 1.67. The zero-order valence-electron chi connectivity index (χ0n) is 17.2. The maximum absolute atomic E-state index is 5.94. The summed E-state index contributed by atoms with van der Waals surface area (Å²) in [6, 6.07) is 3.85. The molecule has 2 atom stereocenters. The molecule has 0 aliphatic carbocycles. The number of hydrogen-bond acceptors (Lipinski definition) is 6. The standard InChI is InChI=1S/C20H31N3O5/c1-21-20(23-9-11-28-17(13-23)15-6-5-10-27-15)22-12-14-7-8-16(24-2)19(26-4)18(14)25-3/h7-8,15,17H,5-6,9-13H2,1-4H3,(H,21,22). The van der Waals surface area contributed by atoms with Gasteiger partial charge in [0.25, 0.3) is 0 Å². The molecule has 1 aromatic carbocycles. The van der Waals surface area contributed by atoms with Gasteiger partial charge < -0.3 is 33.9 Å². The molecule has 1 N–H and O–H groups in total. The SMILES string of the molecule is CN=C(NCc1ccc(OC)c(OC)c1OC)N1CCOC(C2CCCO2)C1. The van der Waals surface area contributed by atoms with Crippen LogP contribution < -0.4 is 19.5 Å². The van der Waals surface area contributed by atoms with Gasteiger partial charge in [-0.3, -0.25) is 4.99 Å². The number of nitrogens with zero attached hydrogens (tertiary/aromatic N) is 2. The zero-order chi connectivity index (χ0) is 19.9. The highest BCUT2D eigenvalue weighted by atomic mass is 16.5. The summed E-state index contributed by atoms with van der Waals surface area (Å²) in [7, 11) is 6.64. The van der Waals surface area contributed by atoms with Crippen molar-refractivity contribution in [3.63, 3.8) is 0 Å². The van der Waals surface area contributed by atoms with Crippen molar-refractivity contribution < 1.29 is 23.7 Å². The fourth-order valence-electron chi connectivity index (χ4n) is 3.80. The molecule has 2 heterocycles. The first-order chi connectivity index (χ1) is 13.7. The van der Waals surface area contributed by atoms with Crippen LogP contribution in [0.3, 0.4) is 0 Å². The fraction of sp³-hybridized carbons (Fsp3) is 0.650. The van der Waals surface area contributed by atoms with Gasteiger partial charge in [-0.05, 0) is 25.0 Å². The average molecular weight is 393 g/mol. The molecule has 0 radical (unpaired) electrons. The predicted molar refractivity (Wildman–Crippen MR) is 107 cm³/mol. The van der Waals surface area contributed by atoms with E-state index in [1.54, 1.807) is 28.4 Å². The van der Waals surface area contributed by atoms with Gasteiger partial charge in [-0.25, -0.2) is 0 Å². The number of guanidine groups is 1. The lowest BCUT2D eigenvalue weighted by Gasteiger charge is -2.37. The maximum Gasteiger partial charge on any atom is 0.203 e. The van der Waals surface area contributed by atoms with E-state index < -0.39 is 0 Å². The van der Waals surface area contributed by atoms with Crippen LogP contribution in [0.25, 0.3) is 0 Å². The first-order valence-corrected chi connectivity index (χ1v) is 9.68. The van der Waals surface area contributed by atoms with Crippen molar-refractivity contribution in [1.82, 2.24) is 10.2 Å². The highest BCUT2D eigenvalue weighted by molar-refractivity contribution is 5.80. The van der Waals surface area contributed by atoms with Gasteiger partial charge in [0.1, 0.15) is 6.10 Å². The second-order valence-electron chi connectivity index (χ2n) is 6.80. The summed E-state index contributed by atoms with van der Waals surface area (Å²) >= 11 is 0. The summed E-state index contributed by atoms with van der Waals surface area (Å²) in [5.41, 5.74) is 0.963. The molecule has 0 aromatic heterocycles. The third kappa shape index (κ3) is 4.44. The molecule has 2 saturated heterocycles. The van der Waals surface area contributed by atoms with E-state index in [1.807, 2.05) is 12.1 Å². The molecular formula is C20H31N3O5. The normalized spacial score (nSPS) is 22.9. The van der Waals surface area contributed by atoms with Crippen molar-refractivity contribution in [2.75, 3.05) is 54.7 Å². The van der Waals surface area contributed by atoms with Crippen molar-refractivity contribution in [3.05, 3.63) is 17.7 Å². The molecule has 156 valence electrons. The Labute approximate surface area is 166 Å².